The molecule has 6 nitrogen and oxygen atoms in total. The van der Waals surface area contributed by atoms with Crippen molar-refractivity contribution in [3.8, 4) is 11.5 Å². The van der Waals surface area contributed by atoms with Crippen molar-refractivity contribution < 1.29 is 19.0 Å². The average molecular weight is 268 g/mol. The summed E-state index contributed by atoms with van der Waals surface area (Å²) in [7, 11) is 3.15. The molecule has 0 fully saturated rings. The minimum Gasteiger partial charge on any atom is -0.493 e. The van der Waals surface area contributed by atoms with Crippen LogP contribution in [-0.4, -0.2) is 38.3 Å². The number of aromatic nitrogens is 1. The third-order valence-electron chi connectivity index (χ3n) is 2.47. The van der Waals surface area contributed by atoms with Gasteiger partial charge in [-0.05, 0) is 6.92 Å². The van der Waals surface area contributed by atoms with Crippen LogP contribution in [0.1, 0.15) is 19.0 Å². The van der Waals surface area contributed by atoms with E-state index in [9.17, 15) is 4.79 Å². The van der Waals surface area contributed by atoms with Gasteiger partial charge in [0.15, 0.2) is 11.5 Å². The van der Waals surface area contributed by atoms with Gasteiger partial charge in [0.25, 0.3) is 0 Å². The Morgan fingerprint density at radius 2 is 2.16 bits per heavy atom. The van der Waals surface area contributed by atoms with E-state index in [0.717, 1.165) is 5.69 Å². The van der Waals surface area contributed by atoms with Crippen LogP contribution in [0.2, 0.25) is 0 Å². The first-order valence-corrected chi connectivity index (χ1v) is 6.15. The maximum Gasteiger partial charge on any atom is 0.307 e. The average Bonchev–Trinajstić information content (AvgIpc) is 2.43. The van der Waals surface area contributed by atoms with E-state index in [2.05, 4.69) is 10.3 Å². The highest BCUT2D eigenvalue weighted by Gasteiger charge is 2.10. The number of nitrogens with zero attached hydrogens (tertiary/aromatic N) is 1. The Morgan fingerprint density at radius 3 is 2.79 bits per heavy atom. The topological polar surface area (TPSA) is 69.7 Å². The molecule has 0 aliphatic heterocycles. The smallest absolute Gasteiger partial charge is 0.307 e. The van der Waals surface area contributed by atoms with Gasteiger partial charge in [-0.25, -0.2) is 0 Å². The van der Waals surface area contributed by atoms with Gasteiger partial charge in [-0.15, -0.1) is 0 Å². The van der Waals surface area contributed by atoms with Gasteiger partial charge in [-0.3, -0.25) is 9.78 Å². The van der Waals surface area contributed by atoms with E-state index in [1.165, 1.54) is 0 Å². The Bertz CT molecular complexity index is 410. The molecule has 1 aromatic rings. The highest BCUT2D eigenvalue weighted by Crippen LogP contribution is 2.28. The van der Waals surface area contributed by atoms with Crippen LogP contribution in [0.4, 0.5) is 0 Å². The molecule has 6 heteroatoms. The van der Waals surface area contributed by atoms with Gasteiger partial charge < -0.3 is 19.5 Å². The fraction of sp³-hybridized carbons (Fsp3) is 0.538. The zero-order chi connectivity index (χ0) is 14.1. The molecule has 1 heterocycles. The summed E-state index contributed by atoms with van der Waals surface area (Å²) in [5.74, 6) is 1.04. The van der Waals surface area contributed by atoms with Gasteiger partial charge >= 0.3 is 5.97 Å². The molecule has 106 valence electrons. The molecule has 1 N–H and O–H groups in total. The van der Waals surface area contributed by atoms with Gasteiger partial charge in [0.2, 0.25) is 0 Å². The summed E-state index contributed by atoms with van der Waals surface area (Å²) < 4.78 is 15.3. The van der Waals surface area contributed by atoms with Gasteiger partial charge in [-0.1, -0.05) is 0 Å². The van der Waals surface area contributed by atoms with Crippen LogP contribution in [0.25, 0.3) is 0 Å². The van der Waals surface area contributed by atoms with Crippen molar-refractivity contribution >= 4 is 5.97 Å². The normalized spacial score (nSPS) is 10.1. The monoisotopic (exact) mass is 268 g/mol. The van der Waals surface area contributed by atoms with Crippen LogP contribution < -0.4 is 14.8 Å². The van der Waals surface area contributed by atoms with E-state index in [-0.39, 0.29) is 5.97 Å². The SMILES string of the molecule is CCOC(=O)CCNCc1nccc(OC)c1OC. The van der Waals surface area contributed by atoms with Gasteiger partial charge in [-0.2, -0.15) is 0 Å². The number of pyridine rings is 1. The maximum absolute atomic E-state index is 11.2. The van der Waals surface area contributed by atoms with Crippen molar-refractivity contribution in [1.29, 1.82) is 0 Å². The first-order chi connectivity index (χ1) is 9.22. The highest BCUT2D eigenvalue weighted by atomic mass is 16.5. The number of hydrogen-bond acceptors (Lipinski definition) is 6. The Labute approximate surface area is 113 Å². The first kappa shape index (κ1) is 15.2. The van der Waals surface area contributed by atoms with Crippen LogP contribution in [0.15, 0.2) is 12.3 Å². The molecular weight excluding hydrogens is 248 g/mol. The lowest BCUT2D eigenvalue weighted by Crippen LogP contribution is -2.20. The van der Waals surface area contributed by atoms with Crippen molar-refractivity contribution in [3.05, 3.63) is 18.0 Å². The number of esters is 1. The molecule has 0 aliphatic rings. The lowest BCUT2D eigenvalue weighted by Gasteiger charge is -2.11. The molecule has 0 saturated heterocycles. The van der Waals surface area contributed by atoms with Crippen molar-refractivity contribution in [2.24, 2.45) is 0 Å². The van der Waals surface area contributed by atoms with Crippen LogP contribution in [-0.2, 0) is 16.1 Å². The quantitative estimate of drug-likeness (QED) is 0.563. The van der Waals surface area contributed by atoms with Crippen molar-refractivity contribution in [1.82, 2.24) is 10.3 Å². The van der Waals surface area contributed by atoms with Crippen molar-refractivity contribution in [2.45, 2.75) is 19.9 Å². The van der Waals surface area contributed by atoms with Crippen molar-refractivity contribution in [3.63, 3.8) is 0 Å². The summed E-state index contributed by atoms with van der Waals surface area (Å²) in [4.78, 5) is 15.4. The second-order valence-corrected chi connectivity index (χ2v) is 3.72. The third kappa shape index (κ3) is 4.75. The van der Waals surface area contributed by atoms with Crippen LogP contribution in [0, 0.1) is 0 Å². The second kappa shape index (κ2) is 8.31. The van der Waals surface area contributed by atoms with Crippen LogP contribution >= 0.6 is 0 Å². The molecule has 0 unspecified atom stereocenters. The largest absolute Gasteiger partial charge is 0.493 e. The molecule has 0 spiro atoms. The molecule has 19 heavy (non-hydrogen) atoms. The van der Waals surface area contributed by atoms with E-state index in [0.29, 0.717) is 37.6 Å². The molecule has 0 bridgehead atoms. The fourth-order valence-electron chi connectivity index (χ4n) is 1.61. The number of carbonyl (C=O) groups is 1. The predicted octanol–water partition coefficient (Wildman–Crippen LogP) is 1.14. The number of nitrogens with one attached hydrogen (secondary N) is 1. The molecule has 0 radical (unpaired) electrons. The summed E-state index contributed by atoms with van der Waals surface area (Å²) in [6, 6.07) is 1.74. The standard InChI is InChI=1S/C13H20N2O4/c1-4-19-12(16)6-7-14-9-10-13(18-3)11(17-2)5-8-15-10/h5,8,14H,4,6-7,9H2,1-3H3. The molecule has 0 aromatic carbocycles. The molecule has 0 amide bonds. The van der Waals surface area contributed by atoms with Crippen molar-refractivity contribution in [2.75, 3.05) is 27.4 Å². The summed E-state index contributed by atoms with van der Waals surface area (Å²) in [5.41, 5.74) is 0.741. The molecule has 1 rings (SSSR count). The van der Waals surface area contributed by atoms with Crippen LogP contribution in [0.3, 0.4) is 0 Å². The van der Waals surface area contributed by atoms with E-state index < -0.39 is 0 Å². The molecule has 0 saturated carbocycles. The van der Waals surface area contributed by atoms with Gasteiger partial charge in [0.05, 0.1) is 32.9 Å². The summed E-state index contributed by atoms with van der Waals surface area (Å²) >= 11 is 0. The first-order valence-electron chi connectivity index (χ1n) is 6.15. The molecule has 1 aromatic heterocycles. The summed E-state index contributed by atoms with van der Waals surface area (Å²) in [6.07, 6.45) is 1.99. The van der Waals surface area contributed by atoms with E-state index in [4.69, 9.17) is 14.2 Å². The lowest BCUT2D eigenvalue weighted by molar-refractivity contribution is -0.142. The zero-order valence-electron chi connectivity index (χ0n) is 11.6. The Kier molecular flexibility index (Phi) is 6.67. The predicted molar refractivity (Wildman–Crippen MR) is 70.3 cm³/mol. The highest BCUT2D eigenvalue weighted by molar-refractivity contribution is 5.69. The number of rotatable bonds is 8. The summed E-state index contributed by atoms with van der Waals surface area (Å²) in [6.45, 7) is 3.22. The third-order valence-corrected chi connectivity index (χ3v) is 2.47. The van der Waals surface area contributed by atoms with Crippen LogP contribution in [0.5, 0.6) is 11.5 Å². The number of methoxy groups -OCH3 is 2. The Hall–Kier alpha value is -1.82. The number of ether oxygens (including phenoxy) is 3. The lowest BCUT2D eigenvalue weighted by atomic mass is 10.3. The molecule has 0 aliphatic carbocycles. The van der Waals surface area contributed by atoms with E-state index in [1.54, 1.807) is 33.4 Å². The van der Waals surface area contributed by atoms with Gasteiger partial charge in [0.1, 0.15) is 0 Å². The minimum absolute atomic E-state index is 0.208. The second-order valence-electron chi connectivity index (χ2n) is 3.72. The van der Waals surface area contributed by atoms with E-state index >= 15 is 0 Å². The number of carbonyl (C=O) groups excluding carboxylic acids is 1. The molecular formula is C13H20N2O4. The maximum atomic E-state index is 11.2. The Morgan fingerprint density at radius 1 is 1.37 bits per heavy atom. The summed E-state index contributed by atoms with van der Waals surface area (Å²) in [5, 5.41) is 3.12. The van der Waals surface area contributed by atoms with E-state index in [1.807, 2.05) is 0 Å². The minimum atomic E-state index is -0.208. The fourth-order valence-corrected chi connectivity index (χ4v) is 1.61. The molecule has 0 atom stereocenters. The Balaban J connectivity index is 2.47. The van der Waals surface area contributed by atoms with Gasteiger partial charge in [0, 0.05) is 25.4 Å². The zero-order valence-corrected chi connectivity index (χ0v) is 11.6. The number of hydrogen-bond donors (Lipinski definition) is 1.